The molecule has 196 valence electrons. The Morgan fingerprint density at radius 2 is 0.697 bits per heavy atom. The van der Waals surface area contributed by atoms with E-state index in [9.17, 15) is 9.59 Å². The van der Waals surface area contributed by atoms with Gasteiger partial charge in [-0.1, -0.05) is 110 Å². The Hall–Kier alpha value is -0.700. The largest absolute Gasteiger partial charge is 0.381 e. The van der Waals surface area contributed by atoms with Crippen molar-refractivity contribution in [2.24, 2.45) is 0 Å². The first kappa shape index (κ1) is 32.3. The van der Waals surface area contributed by atoms with Gasteiger partial charge in [-0.3, -0.25) is 9.59 Å². The van der Waals surface area contributed by atoms with E-state index in [0.29, 0.717) is 37.2 Å². The van der Waals surface area contributed by atoms with Gasteiger partial charge < -0.3 is 4.74 Å². The van der Waals surface area contributed by atoms with Crippen LogP contribution in [0.4, 0.5) is 0 Å². The Morgan fingerprint density at radius 1 is 0.394 bits per heavy atom. The number of hydrogen-bond donors (Lipinski definition) is 0. The number of ketones is 2. The van der Waals surface area contributed by atoms with E-state index in [0.717, 1.165) is 38.9 Å². The lowest BCUT2D eigenvalue weighted by atomic mass is 10.0. The summed E-state index contributed by atoms with van der Waals surface area (Å²) in [5.41, 5.74) is 0. The molecule has 0 radical (unpaired) electrons. The second-order valence-electron chi connectivity index (χ2n) is 10.1. The molecule has 0 N–H and O–H groups in total. The average Bonchev–Trinajstić information content (AvgIpc) is 2.81. The summed E-state index contributed by atoms with van der Waals surface area (Å²) in [6.07, 6.45) is 27.3. The first-order chi connectivity index (χ1) is 16.2. The zero-order valence-corrected chi connectivity index (χ0v) is 22.6. The Balaban J connectivity index is 3.28. The third-order valence-electron chi connectivity index (χ3n) is 6.61. The summed E-state index contributed by atoms with van der Waals surface area (Å²) >= 11 is 0. The van der Waals surface area contributed by atoms with Crippen LogP contribution in [0.5, 0.6) is 0 Å². The minimum atomic E-state index is 0.314. The van der Waals surface area contributed by atoms with Crippen molar-refractivity contribution in [3.05, 3.63) is 0 Å². The van der Waals surface area contributed by atoms with Crippen molar-refractivity contribution in [1.29, 1.82) is 0 Å². The van der Waals surface area contributed by atoms with Gasteiger partial charge in [0.15, 0.2) is 0 Å². The van der Waals surface area contributed by atoms with E-state index < -0.39 is 0 Å². The van der Waals surface area contributed by atoms with Gasteiger partial charge in [-0.2, -0.15) is 0 Å². The van der Waals surface area contributed by atoms with Crippen molar-refractivity contribution < 1.29 is 14.3 Å². The van der Waals surface area contributed by atoms with E-state index in [-0.39, 0.29) is 0 Å². The summed E-state index contributed by atoms with van der Waals surface area (Å²) in [6.45, 7) is 6.16. The zero-order chi connectivity index (χ0) is 24.2. The highest BCUT2D eigenvalue weighted by atomic mass is 16.5. The number of unbranched alkanes of at least 4 members (excludes halogenated alkanes) is 16. The molecule has 0 amide bonds. The van der Waals surface area contributed by atoms with Crippen molar-refractivity contribution in [1.82, 2.24) is 0 Å². The highest BCUT2D eigenvalue weighted by Crippen LogP contribution is 2.12. The first-order valence-electron chi connectivity index (χ1n) is 14.8. The number of carbonyl (C=O) groups is 2. The van der Waals surface area contributed by atoms with Crippen molar-refractivity contribution in [2.75, 3.05) is 13.2 Å². The van der Waals surface area contributed by atoms with Gasteiger partial charge in [-0.25, -0.2) is 0 Å². The molecule has 0 aliphatic carbocycles. The fourth-order valence-corrected chi connectivity index (χ4v) is 4.33. The predicted molar refractivity (Wildman–Crippen MR) is 143 cm³/mol. The maximum absolute atomic E-state index is 12.0. The number of Topliss-reactive ketones (excluding diaryl/α,β-unsaturated/α-hetero) is 2. The Labute approximate surface area is 207 Å². The molecule has 0 aliphatic heterocycles. The van der Waals surface area contributed by atoms with Gasteiger partial charge in [-0.05, 0) is 32.1 Å². The molecular formula is C30H58O3. The molecule has 0 saturated heterocycles. The van der Waals surface area contributed by atoms with Gasteiger partial charge in [0, 0.05) is 38.9 Å². The van der Waals surface area contributed by atoms with E-state index in [4.69, 9.17) is 4.74 Å². The Kier molecular flexibility index (Phi) is 27.0. The van der Waals surface area contributed by atoms with Crippen LogP contribution in [0.25, 0.3) is 0 Å². The smallest absolute Gasteiger partial charge is 0.132 e. The molecule has 0 fully saturated rings. The number of ether oxygens (including phenoxy) is 1. The molecule has 0 heterocycles. The number of hydrogen-bond acceptors (Lipinski definition) is 3. The number of rotatable bonds is 28. The van der Waals surface area contributed by atoms with Crippen LogP contribution in [0.1, 0.15) is 168 Å². The third-order valence-corrected chi connectivity index (χ3v) is 6.61. The van der Waals surface area contributed by atoms with Gasteiger partial charge in [0.2, 0.25) is 0 Å². The van der Waals surface area contributed by atoms with Crippen LogP contribution < -0.4 is 0 Å². The Bertz CT molecular complexity index is 419. The lowest BCUT2D eigenvalue weighted by molar-refractivity contribution is -0.120. The molecule has 0 atom stereocenters. The van der Waals surface area contributed by atoms with Crippen molar-refractivity contribution in [3.63, 3.8) is 0 Å². The molecule has 0 spiro atoms. The molecule has 3 nitrogen and oxygen atoms in total. The van der Waals surface area contributed by atoms with Gasteiger partial charge in [0.05, 0.1) is 0 Å². The lowest BCUT2D eigenvalue weighted by Crippen LogP contribution is -2.03. The fourth-order valence-electron chi connectivity index (χ4n) is 4.33. The maximum Gasteiger partial charge on any atom is 0.132 e. The van der Waals surface area contributed by atoms with Crippen molar-refractivity contribution >= 4 is 11.6 Å². The van der Waals surface area contributed by atoms with Gasteiger partial charge in [0.25, 0.3) is 0 Å². The quantitative estimate of drug-likeness (QED) is 0.108. The zero-order valence-electron chi connectivity index (χ0n) is 22.6. The predicted octanol–water partition coefficient (Wildman–Crippen LogP) is 9.54. The van der Waals surface area contributed by atoms with Crippen LogP contribution in [0.15, 0.2) is 0 Å². The second-order valence-corrected chi connectivity index (χ2v) is 10.1. The SMILES string of the molecule is CCCCCCCCCCCC(=O)CCCC(=O)CCCCOCCCCCCCCCC. The van der Waals surface area contributed by atoms with Crippen molar-refractivity contribution in [2.45, 2.75) is 168 Å². The topological polar surface area (TPSA) is 43.4 Å². The minimum Gasteiger partial charge on any atom is -0.381 e. The first-order valence-corrected chi connectivity index (χ1v) is 14.8. The highest BCUT2D eigenvalue weighted by Gasteiger charge is 2.06. The standard InChI is InChI=1S/C30H58O3/c1-3-5-7-9-11-13-14-16-18-23-29(31)25-22-26-30(32)24-19-21-28-33-27-20-17-15-12-10-8-6-4-2/h3-28H2,1-2H3. The third kappa shape index (κ3) is 27.4. The van der Waals surface area contributed by atoms with E-state index in [2.05, 4.69) is 13.8 Å². The number of carbonyl (C=O) groups excluding carboxylic acids is 2. The lowest BCUT2D eigenvalue weighted by Gasteiger charge is -2.05. The summed E-state index contributed by atoms with van der Waals surface area (Å²) in [5, 5.41) is 0. The molecule has 0 rings (SSSR count). The normalized spacial score (nSPS) is 11.2. The van der Waals surface area contributed by atoms with E-state index >= 15 is 0 Å². The van der Waals surface area contributed by atoms with E-state index in [1.165, 1.54) is 103 Å². The summed E-state index contributed by atoms with van der Waals surface area (Å²) in [5.74, 6) is 0.661. The van der Waals surface area contributed by atoms with Crippen LogP contribution in [0, 0.1) is 0 Å². The molecule has 0 aliphatic rings. The maximum atomic E-state index is 12.0. The summed E-state index contributed by atoms with van der Waals surface area (Å²) in [4.78, 5) is 24.0. The molecule has 33 heavy (non-hydrogen) atoms. The second kappa shape index (κ2) is 27.5. The molecule has 0 aromatic rings. The monoisotopic (exact) mass is 466 g/mol. The molecule has 0 saturated carbocycles. The highest BCUT2D eigenvalue weighted by molar-refractivity contribution is 5.81. The van der Waals surface area contributed by atoms with Crippen LogP contribution in [-0.4, -0.2) is 24.8 Å². The summed E-state index contributed by atoms with van der Waals surface area (Å²) < 4.78 is 5.70. The Morgan fingerprint density at radius 3 is 1.15 bits per heavy atom. The molecular weight excluding hydrogens is 408 g/mol. The molecule has 0 bridgehead atoms. The van der Waals surface area contributed by atoms with Crippen LogP contribution in [0.3, 0.4) is 0 Å². The van der Waals surface area contributed by atoms with Gasteiger partial charge in [-0.15, -0.1) is 0 Å². The molecule has 3 heteroatoms. The fraction of sp³-hybridized carbons (Fsp3) is 0.933. The molecule has 0 aromatic carbocycles. The van der Waals surface area contributed by atoms with Crippen LogP contribution in [0.2, 0.25) is 0 Å². The van der Waals surface area contributed by atoms with Crippen molar-refractivity contribution in [3.8, 4) is 0 Å². The van der Waals surface area contributed by atoms with Crippen LogP contribution >= 0.6 is 0 Å². The van der Waals surface area contributed by atoms with E-state index in [1.807, 2.05) is 0 Å². The van der Waals surface area contributed by atoms with Crippen LogP contribution in [-0.2, 0) is 14.3 Å². The van der Waals surface area contributed by atoms with Gasteiger partial charge in [0.1, 0.15) is 11.6 Å². The molecule has 0 aromatic heterocycles. The van der Waals surface area contributed by atoms with E-state index in [1.54, 1.807) is 0 Å². The van der Waals surface area contributed by atoms with Gasteiger partial charge >= 0.3 is 0 Å². The summed E-state index contributed by atoms with van der Waals surface area (Å²) in [7, 11) is 0. The minimum absolute atomic E-state index is 0.314. The average molecular weight is 467 g/mol. The molecule has 0 unspecified atom stereocenters. The summed E-state index contributed by atoms with van der Waals surface area (Å²) in [6, 6.07) is 0.